The van der Waals surface area contributed by atoms with Crippen molar-refractivity contribution in [2.45, 2.75) is 37.4 Å². The molecular weight excluding hydrogens is 422 g/mol. The second kappa shape index (κ2) is 7.82. The molecule has 1 unspecified atom stereocenters. The summed E-state index contributed by atoms with van der Waals surface area (Å²) in [6, 6.07) is 1.69. The molecule has 11 heteroatoms. The fraction of sp³-hybridized carbons (Fsp3) is 0.316. The standard InChI is InChI=1S/C19H23N7O2S2/c1-5-13(3)24-30(27,28)19-12(2)8-16(29-19)23-17-18-21-10-15(26(18)7-6-20-17)14-9-22-25(4)11-14/h6-11,13,24H,5H2,1-4H3,(H,20,23). The number of thiophene rings is 1. The Morgan fingerprint density at radius 3 is 2.77 bits per heavy atom. The normalized spacial score (nSPS) is 13.1. The van der Waals surface area contributed by atoms with Gasteiger partial charge in [-0.15, -0.1) is 11.3 Å². The monoisotopic (exact) mass is 445 g/mol. The second-order valence-corrected chi connectivity index (χ2v) is 10.1. The molecule has 0 aliphatic heterocycles. The lowest BCUT2D eigenvalue weighted by molar-refractivity contribution is 0.557. The van der Waals surface area contributed by atoms with Crippen molar-refractivity contribution in [3.63, 3.8) is 0 Å². The predicted octanol–water partition coefficient (Wildman–Crippen LogP) is 3.32. The van der Waals surface area contributed by atoms with E-state index >= 15 is 0 Å². The Balaban J connectivity index is 1.66. The van der Waals surface area contributed by atoms with E-state index in [9.17, 15) is 8.42 Å². The summed E-state index contributed by atoms with van der Waals surface area (Å²) in [6.45, 7) is 5.58. The SMILES string of the molecule is CCC(C)NS(=O)(=O)c1sc(Nc2nccn3c(-c4cnn(C)c4)cnc23)cc1C. The fourth-order valence-electron chi connectivity index (χ4n) is 3.09. The van der Waals surface area contributed by atoms with Crippen LogP contribution in [-0.2, 0) is 17.1 Å². The Hall–Kier alpha value is -2.76. The van der Waals surface area contributed by atoms with Crippen LogP contribution in [0, 0.1) is 6.92 Å². The topological polar surface area (TPSA) is 106 Å². The van der Waals surface area contributed by atoms with Gasteiger partial charge in [-0.05, 0) is 31.9 Å². The van der Waals surface area contributed by atoms with Gasteiger partial charge in [0.1, 0.15) is 4.21 Å². The quantitative estimate of drug-likeness (QED) is 0.452. The number of nitrogens with one attached hydrogen (secondary N) is 2. The number of aryl methyl sites for hydroxylation is 2. The van der Waals surface area contributed by atoms with E-state index in [0.29, 0.717) is 26.2 Å². The zero-order valence-corrected chi connectivity index (χ0v) is 18.8. The molecule has 0 saturated carbocycles. The number of fused-ring (bicyclic) bond motifs is 1. The summed E-state index contributed by atoms with van der Waals surface area (Å²) in [5.41, 5.74) is 3.17. The molecule has 0 radical (unpaired) electrons. The summed E-state index contributed by atoms with van der Waals surface area (Å²) >= 11 is 1.18. The minimum Gasteiger partial charge on any atom is -0.329 e. The third-order valence-corrected chi connectivity index (χ3v) is 8.13. The summed E-state index contributed by atoms with van der Waals surface area (Å²) in [5, 5.41) is 8.13. The van der Waals surface area contributed by atoms with Crippen LogP contribution in [0.3, 0.4) is 0 Å². The molecule has 0 spiro atoms. The van der Waals surface area contributed by atoms with Crippen molar-refractivity contribution in [2.75, 3.05) is 5.32 Å². The van der Waals surface area contributed by atoms with Crippen LogP contribution < -0.4 is 10.0 Å². The maximum atomic E-state index is 12.7. The Labute approximate surface area is 178 Å². The maximum absolute atomic E-state index is 12.7. The molecule has 4 aromatic rings. The van der Waals surface area contributed by atoms with Crippen LogP contribution in [0.2, 0.25) is 0 Å². The van der Waals surface area contributed by atoms with Gasteiger partial charge in [0.15, 0.2) is 11.5 Å². The maximum Gasteiger partial charge on any atom is 0.250 e. The lowest BCUT2D eigenvalue weighted by Gasteiger charge is -2.11. The van der Waals surface area contributed by atoms with Gasteiger partial charge in [-0.1, -0.05) is 6.92 Å². The van der Waals surface area contributed by atoms with Gasteiger partial charge in [0.2, 0.25) is 0 Å². The lowest BCUT2D eigenvalue weighted by atomic mass is 10.3. The number of aromatic nitrogens is 5. The van der Waals surface area contributed by atoms with E-state index in [1.807, 2.05) is 43.8 Å². The highest BCUT2D eigenvalue weighted by molar-refractivity contribution is 7.91. The Kier molecular flexibility index (Phi) is 5.35. The smallest absolute Gasteiger partial charge is 0.250 e. The lowest BCUT2D eigenvalue weighted by Crippen LogP contribution is -2.31. The molecule has 4 heterocycles. The van der Waals surface area contributed by atoms with Crippen LogP contribution >= 0.6 is 11.3 Å². The summed E-state index contributed by atoms with van der Waals surface area (Å²) in [7, 11) is -1.70. The first kappa shape index (κ1) is 20.5. The number of rotatable bonds is 7. The van der Waals surface area contributed by atoms with Crippen LogP contribution in [0.25, 0.3) is 16.9 Å². The van der Waals surface area contributed by atoms with Gasteiger partial charge in [0.05, 0.1) is 23.1 Å². The van der Waals surface area contributed by atoms with Gasteiger partial charge in [-0.2, -0.15) is 5.10 Å². The molecule has 0 fully saturated rings. The second-order valence-electron chi connectivity index (χ2n) is 7.15. The van der Waals surface area contributed by atoms with E-state index in [1.165, 1.54) is 11.3 Å². The van der Waals surface area contributed by atoms with Crippen LogP contribution in [0.1, 0.15) is 25.8 Å². The number of imidazole rings is 1. The zero-order chi connectivity index (χ0) is 21.5. The van der Waals surface area contributed by atoms with E-state index in [-0.39, 0.29) is 6.04 Å². The van der Waals surface area contributed by atoms with Crippen molar-refractivity contribution >= 4 is 37.8 Å². The molecule has 0 aliphatic carbocycles. The molecule has 4 rings (SSSR count). The van der Waals surface area contributed by atoms with Crippen molar-refractivity contribution in [1.29, 1.82) is 0 Å². The van der Waals surface area contributed by atoms with Crippen LogP contribution in [0.15, 0.2) is 41.3 Å². The van der Waals surface area contributed by atoms with Crippen LogP contribution in [0.5, 0.6) is 0 Å². The van der Waals surface area contributed by atoms with E-state index in [4.69, 9.17) is 0 Å². The first-order valence-electron chi connectivity index (χ1n) is 9.49. The largest absolute Gasteiger partial charge is 0.329 e. The van der Waals surface area contributed by atoms with E-state index in [1.54, 1.807) is 30.2 Å². The summed E-state index contributed by atoms with van der Waals surface area (Å²) < 4.78 is 32.1. The molecule has 1 atom stereocenters. The van der Waals surface area contributed by atoms with Gasteiger partial charge in [0.25, 0.3) is 10.0 Å². The number of hydrogen-bond donors (Lipinski definition) is 2. The van der Waals surface area contributed by atoms with Gasteiger partial charge < -0.3 is 5.32 Å². The molecule has 30 heavy (non-hydrogen) atoms. The average Bonchev–Trinajstić information content (AvgIpc) is 3.40. The highest BCUT2D eigenvalue weighted by Gasteiger charge is 2.22. The number of anilines is 2. The number of sulfonamides is 1. The zero-order valence-electron chi connectivity index (χ0n) is 17.1. The first-order chi connectivity index (χ1) is 14.3. The van der Waals surface area contributed by atoms with Crippen molar-refractivity contribution in [3.05, 3.63) is 42.6 Å². The molecule has 0 aliphatic rings. The van der Waals surface area contributed by atoms with Gasteiger partial charge in [-0.3, -0.25) is 9.08 Å². The van der Waals surface area contributed by atoms with Crippen molar-refractivity contribution < 1.29 is 8.42 Å². The Morgan fingerprint density at radius 2 is 2.07 bits per heavy atom. The fourth-order valence-corrected chi connectivity index (χ4v) is 6.03. The molecule has 158 valence electrons. The summed E-state index contributed by atoms with van der Waals surface area (Å²) in [4.78, 5) is 8.91. The van der Waals surface area contributed by atoms with Gasteiger partial charge in [0, 0.05) is 37.2 Å². The van der Waals surface area contributed by atoms with Crippen LogP contribution in [-0.4, -0.2) is 38.6 Å². The molecule has 2 N–H and O–H groups in total. The van der Waals surface area contributed by atoms with E-state index in [0.717, 1.165) is 17.7 Å². The van der Waals surface area contributed by atoms with Crippen LogP contribution in [0.4, 0.5) is 10.8 Å². The first-order valence-corrected chi connectivity index (χ1v) is 11.8. The highest BCUT2D eigenvalue weighted by atomic mass is 32.2. The number of hydrogen-bond acceptors (Lipinski definition) is 7. The van der Waals surface area contributed by atoms with Crippen molar-refractivity contribution in [1.82, 2.24) is 28.9 Å². The molecular formula is C19H23N7O2S2. The average molecular weight is 446 g/mol. The van der Waals surface area contributed by atoms with Gasteiger partial charge in [-0.25, -0.2) is 23.1 Å². The summed E-state index contributed by atoms with van der Waals surface area (Å²) in [6.07, 6.45) is 9.70. The molecule has 0 bridgehead atoms. The summed E-state index contributed by atoms with van der Waals surface area (Å²) in [5.74, 6) is 0.549. The predicted molar refractivity (Wildman–Crippen MR) is 118 cm³/mol. The molecule has 0 amide bonds. The highest BCUT2D eigenvalue weighted by Crippen LogP contribution is 2.33. The molecule has 4 aromatic heterocycles. The third kappa shape index (κ3) is 3.83. The molecule has 0 aromatic carbocycles. The van der Waals surface area contributed by atoms with Crippen molar-refractivity contribution in [2.24, 2.45) is 7.05 Å². The molecule has 9 nitrogen and oxygen atoms in total. The third-order valence-electron chi connectivity index (χ3n) is 4.76. The number of nitrogens with zero attached hydrogens (tertiary/aromatic N) is 5. The Bertz CT molecular complexity index is 1300. The van der Waals surface area contributed by atoms with Gasteiger partial charge >= 0.3 is 0 Å². The van der Waals surface area contributed by atoms with Crippen molar-refractivity contribution in [3.8, 4) is 11.3 Å². The van der Waals surface area contributed by atoms with E-state index < -0.39 is 10.0 Å². The molecule has 0 saturated heterocycles. The minimum atomic E-state index is -3.57. The van der Waals surface area contributed by atoms with E-state index in [2.05, 4.69) is 25.1 Å². The Morgan fingerprint density at radius 1 is 1.27 bits per heavy atom. The minimum absolute atomic E-state index is 0.126.